The molecule has 0 heterocycles. The summed E-state index contributed by atoms with van der Waals surface area (Å²) in [5, 5.41) is 24.9. The molecule has 0 spiro atoms. The Labute approximate surface area is 177 Å². The summed E-state index contributed by atoms with van der Waals surface area (Å²) >= 11 is 0. The van der Waals surface area contributed by atoms with E-state index in [9.17, 15) is 4.79 Å². The maximum absolute atomic E-state index is 10.2. The first-order valence-electron chi connectivity index (χ1n) is 9.15. The van der Waals surface area contributed by atoms with Crippen LogP contribution in [0, 0.1) is 0 Å². The topological polar surface area (TPSA) is 83.4 Å². The van der Waals surface area contributed by atoms with E-state index in [-0.39, 0.29) is 21.7 Å². The molecule has 1 N–H and O–H groups in total. The Balaban J connectivity index is 0.000000429. The first kappa shape index (κ1) is 25.7. The van der Waals surface area contributed by atoms with Crippen LogP contribution in [0.4, 0.5) is 0 Å². The van der Waals surface area contributed by atoms with Crippen molar-refractivity contribution in [2.45, 2.75) is 51.4 Å². The van der Waals surface area contributed by atoms with Crippen molar-refractivity contribution in [2.75, 3.05) is 14.2 Å². The van der Waals surface area contributed by atoms with Gasteiger partial charge in [0.25, 0.3) is 0 Å². The molecule has 2 aliphatic carbocycles. The van der Waals surface area contributed by atoms with Crippen LogP contribution >= 0.6 is 0 Å². The molecule has 0 aliphatic heterocycles. The Morgan fingerprint density at radius 3 is 1.59 bits per heavy atom. The van der Waals surface area contributed by atoms with Gasteiger partial charge in [-0.25, -0.2) is 4.79 Å². The van der Waals surface area contributed by atoms with Gasteiger partial charge in [-0.3, -0.25) is 0 Å². The van der Waals surface area contributed by atoms with Crippen LogP contribution in [0.15, 0.2) is 36.4 Å². The Hall–Kier alpha value is -1.33. The SMILES string of the molecule is C[O-].C[O-].O=C(O)c1ccccc1.[Ti+3].[cH-]1c2c(c3c1CCCC3)CCCC2. The number of fused-ring (bicyclic) bond motifs is 3. The van der Waals surface area contributed by atoms with Crippen LogP contribution in [-0.4, -0.2) is 25.3 Å². The second kappa shape index (κ2) is 14.7. The number of hydrogen-bond donors (Lipinski definition) is 1. The zero-order valence-electron chi connectivity index (χ0n) is 16.3. The van der Waals surface area contributed by atoms with Gasteiger partial charge < -0.3 is 15.3 Å². The predicted octanol–water partition coefficient (Wildman–Crippen LogP) is 2.50. The molecule has 0 fully saturated rings. The van der Waals surface area contributed by atoms with Crippen LogP contribution in [0.25, 0.3) is 0 Å². The monoisotopic (exact) mass is 405 g/mol. The average Bonchev–Trinajstić information content (AvgIpc) is 3.11. The van der Waals surface area contributed by atoms with Crippen LogP contribution in [0.1, 0.15) is 58.3 Å². The van der Waals surface area contributed by atoms with Gasteiger partial charge in [-0.05, 0) is 12.1 Å². The van der Waals surface area contributed by atoms with Gasteiger partial charge in [0.15, 0.2) is 0 Å². The van der Waals surface area contributed by atoms with E-state index in [2.05, 4.69) is 6.07 Å². The fourth-order valence-electron chi connectivity index (χ4n) is 3.66. The number of rotatable bonds is 1. The summed E-state index contributed by atoms with van der Waals surface area (Å²) in [6.45, 7) is 0. The maximum atomic E-state index is 10.2. The van der Waals surface area contributed by atoms with E-state index in [0.29, 0.717) is 5.56 Å². The van der Waals surface area contributed by atoms with Crippen molar-refractivity contribution >= 4 is 5.97 Å². The Morgan fingerprint density at radius 2 is 1.22 bits per heavy atom. The van der Waals surface area contributed by atoms with E-state index < -0.39 is 5.97 Å². The van der Waals surface area contributed by atoms with E-state index in [1.165, 1.54) is 51.4 Å². The van der Waals surface area contributed by atoms with Gasteiger partial charge in [0.2, 0.25) is 0 Å². The zero-order chi connectivity index (χ0) is 19.4. The van der Waals surface area contributed by atoms with Crippen LogP contribution in [0.3, 0.4) is 0 Å². The second-order valence-corrected chi connectivity index (χ2v) is 6.24. The third-order valence-electron chi connectivity index (χ3n) is 4.75. The third-order valence-corrected chi connectivity index (χ3v) is 4.75. The molecule has 0 saturated carbocycles. The normalized spacial score (nSPS) is 13.5. The average molecular weight is 405 g/mol. The van der Waals surface area contributed by atoms with Gasteiger partial charge in [-0.1, -0.05) is 69.6 Å². The number of aromatic carboxylic acids is 1. The first-order chi connectivity index (χ1) is 12.8. The summed E-state index contributed by atoms with van der Waals surface area (Å²) in [6, 6.07) is 10.8. The van der Waals surface area contributed by atoms with E-state index in [4.69, 9.17) is 15.3 Å². The van der Waals surface area contributed by atoms with Crippen molar-refractivity contribution in [1.82, 2.24) is 0 Å². The van der Waals surface area contributed by atoms with Crippen molar-refractivity contribution in [2.24, 2.45) is 0 Å². The van der Waals surface area contributed by atoms with Crippen molar-refractivity contribution in [1.29, 1.82) is 0 Å². The fourth-order valence-corrected chi connectivity index (χ4v) is 3.66. The number of aryl methyl sites for hydroxylation is 2. The molecule has 4 rings (SSSR count). The summed E-state index contributed by atoms with van der Waals surface area (Å²) in [6.07, 6.45) is 11.2. The molecule has 0 aromatic heterocycles. The molecular formula is C22H29O4Ti. The van der Waals surface area contributed by atoms with Crippen LogP contribution in [0.5, 0.6) is 0 Å². The second-order valence-electron chi connectivity index (χ2n) is 6.24. The van der Waals surface area contributed by atoms with E-state index in [1.807, 2.05) is 0 Å². The largest absolute Gasteiger partial charge is 3.00 e. The van der Waals surface area contributed by atoms with Gasteiger partial charge in [0.1, 0.15) is 0 Å². The van der Waals surface area contributed by atoms with E-state index in [0.717, 1.165) is 14.2 Å². The van der Waals surface area contributed by atoms with Gasteiger partial charge in [0, 0.05) is 0 Å². The summed E-state index contributed by atoms with van der Waals surface area (Å²) in [5.41, 5.74) is 7.27. The fraction of sp³-hybridized carbons (Fsp3) is 0.455. The number of hydrogen-bond acceptors (Lipinski definition) is 3. The summed E-state index contributed by atoms with van der Waals surface area (Å²) in [7, 11) is 1.50. The summed E-state index contributed by atoms with van der Waals surface area (Å²) < 4.78 is 0. The number of carbonyl (C=O) groups is 1. The molecule has 0 bridgehead atoms. The van der Waals surface area contributed by atoms with Gasteiger partial charge >= 0.3 is 27.7 Å². The Morgan fingerprint density at radius 1 is 0.815 bits per heavy atom. The van der Waals surface area contributed by atoms with Crippen LogP contribution < -0.4 is 10.2 Å². The molecule has 0 unspecified atom stereocenters. The van der Waals surface area contributed by atoms with Gasteiger partial charge in [-0.2, -0.15) is 42.5 Å². The zero-order valence-corrected chi connectivity index (χ0v) is 17.9. The molecule has 0 atom stereocenters. The van der Waals surface area contributed by atoms with Crippen LogP contribution in [-0.2, 0) is 47.4 Å². The molecule has 2 aliphatic rings. The quantitative estimate of drug-likeness (QED) is 0.584. The predicted molar refractivity (Wildman–Crippen MR) is 101 cm³/mol. The number of benzene rings is 1. The molecule has 2 aromatic rings. The Bertz CT molecular complexity index is 619. The minimum Gasteiger partial charge on any atom is -0.857 e. The molecule has 5 heteroatoms. The molecule has 0 saturated heterocycles. The van der Waals surface area contributed by atoms with E-state index >= 15 is 0 Å². The molecule has 4 nitrogen and oxygen atoms in total. The number of carboxylic acid groups (broad SMARTS) is 1. The van der Waals surface area contributed by atoms with Crippen molar-refractivity contribution < 1.29 is 41.8 Å². The Kier molecular flexibility index (Phi) is 14.0. The van der Waals surface area contributed by atoms with Crippen molar-refractivity contribution in [3.8, 4) is 0 Å². The van der Waals surface area contributed by atoms with Gasteiger partial charge in [0.05, 0.1) is 5.56 Å². The standard InChI is InChI=1S/C13H17.C7H6O2.2CH3O.Ti/c1-3-7-12-10(5-1)9-11-6-2-4-8-13(11)12;8-7(9)6-4-2-1-3-5-6;2*1-2;/h9H,1-8H2;1-5H,(H,8,9);2*1H3;/q-1;;2*-1;+3. The van der Waals surface area contributed by atoms with Crippen molar-refractivity contribution in [3.05, 3.63) is 64.2 Å². The summed E-state index contributed by atoms with van der Waals surface area (Å²) in [5.74, 6) is -0.879. The maximum Gasteiger partial charge on any atom is 3.00 e. The molecular weight excluding hydrogens is 376 g/mol. The summed E-state index contributed by atoms with van der Waals surface area (Å²) in [4.78, 5) is 10.2. The molecule has 1 radical (unpaired) electrons. The van der Waals surface area contributed by atoms with Crippen LogP contribution in [0.2, 0.25) is 0 Å². The molecule has 27 heavy (non-hydrogen) atoms. The van der Waals surface area contributed by atoms with Gasteiger partial charge in [-0.15, -0.1) is 0 Å². The molecule has 2 aromatic carbocycles. The first-order valence-corrected chi connectivity index (χ1v) is 9.15. The third kappa shape index (κ3) is 7.67. The van der Waals surface area contributed by atoms with E-state index in [1.54, 1.807) is 52.6 Å². The molecule has 0 amide bonds. The minimum atomic E-state index is -0.879. The minimum absolute atomic E-state index is 0. The number of carboxylic acids is 1. The molecule has 145 valence electrons. The van der Waals surface area contributed by atoms with Crippen molar-refractivity contribution in [3.63, 3.8) is 0 Å². The smallest absolute Gasteiger partial charge is 0.857 e.